The van der Waals surface area contributed by atoms with Crippen molar-refractivity contribution in [2.75, 3.05) is 12.3 Å². The van der Waals surface area contributed by atoms with Crippen molar-refractivity contribution in [3.8, 4) is 6.07 Å². The van der Waals surface area contributed by atoms with Crippen LogP contribution < -0.4 is 11.5 Å². The van der Waals surface area contributed by atoms with Crippen molar-refractivity contribution < 1.29 is 28.9 Å². The molecule has 2 aliphatic carbocycles. The number of carbonyl (C=O) groups is 2. The van der Waals surface area contributed by atoms with Gasteiger partial charge in [-0.15, -0.1) is 0 Å². The number of hydrogen-bond acceptors (Lipinski definition) is 11. The largest absolute Gasteiger partial charge is 0.463 e. The number of nitriles is 1. The fraction of sp³-hybridized carbons (Fsp3) is 0.679. The summed E-state index contributed by atoms with van der Waals surface area (Å²) in [5, 5.41) is 26.1. The summed E-state index contributed by atoms with van der Waals surface area (Å²) >= 11 is 0. The number of carbonyl (C=O) groups excluding carboxylic acids is 2. The maximum Gasteiger partial charge on any atom is 0.307 e. The van der Waals surface area contributed by atoms with Crippen LogP contribution in [0.25, 0.3) is 5.52 Å². The molecular formula is C28H38N6O6. The molecule has 0 radical (unpaired) electrons. The number of nitrogen functional groups attached to an aromatic ring is 1. The number of nitrogens with zero attached hydrogens (tertiary/aromatic N) is 4. The summed E-state index contributed by atoms with van der Waals surface area (Å²) in [7, 11) is 0. The van der Waals surface area contributed by atoms with Crippen LogP contribution in [0.3, 0.4) is 0 Å². The van der Waals surface area contributed by atoms with Gasteiger partial charge in [-0.2, -0.15) is 10.4 Å². The van der Waals surface area contributed by atoms with E-state index >= 15 is 0 Å². The van der Waals surface area contributed by atoms with Crippen molar-refractivity contribution in [1.82, 2.24) is 14.6 Å². The van der Waals surface area contributed by atoms with Gasteiger partial charge in [0.15, 0.2) is 11.9 Å². The number of aliphatic hydroxyl groups excluding tert-OH is 1. The molecule has 3 heterocycles. The highest BCUT2D eigenvalue weighted by Gasteiger charge is 2.60. The van der Waals surface area contributed by atoms with Gasteiger partial charge >= 0.3 is 11.9 Å². The Labute approximate surface area is 232 Å². The zero-order chi connectivity index (χ0) is 28.3. The number of ether oxygens (including phenoxy) is 3. The second-order valence-corrected chi connectivity index (χ2v) is 11.6. The van der Waals surface area contributed by atoms with E-state index in [-0.39, 0.29) is 36.9 Å². The number of aliphatic hydroxyl groups is 1. The molecule has 40 heavy (non-hydrogen) atoms. The van der Waals surface area contributed by atoms with Crippen molar-refractivity contribution >= 4 is 23.3 Å². The predicted octanol–water partition coefficient (Wildman–Crippen LogP) is 2.27. The fourth-order valence-electron chi connectivity index (χ4n) is 6.45. The van der Waals surface area contributed by atoms with Crippen molar-refractivity contribution in [2.24, 2.45) is 11.7 Å². The Hall–Kier alpha value is -3.27. The summed E-state index contributed by atoms with van der Waals surface area (Å²) in [5.41, 5.74) is 10.4. The molecule has 1 aliphatic heterocycles. The molecule has 0 amide bonds. The topological polar surface area (TPSA) is 188 Å². The lowest BCUT2D eigenvalue weighted by molar-refractivity contribution is -0.161. The number of esters is 2. The van der Waals surface area contributed by atoms with Gasteiger partial charge in [0, 0.05) is 12.0 Å². The van der Waals surface area contributed by atoms with Crippen LogP contribution in [0, 0.1) is 17.2 Å². The molecule has 3 fully saturated rings. The Morgan fingerprint density at radius 1 is 1.15 bits per heavy atom. The maximum absolute atomic E-state index is 13.0. The number of anilines is 1. The average molecular weight is 555 g/mol. The summed E-state index contributed by atoms with van der Waals surface area (Å²) in [6, 6.07) is 5.24. The number of fused-ring (bicyclic) bond motifs is 1. The van der Waals surface area contributed by atoms with E-state index in [9.17, 15) is 20.0 Å². The van der Waals surface area contributed by atoms with Crippen LogP contribution in [-0.4, -0.2) is 62.1 Å². The first kappa shape index (κ1) is 28.3. The molecule has 2 saturated carbocycles. The third kappa shape index (κ3) is 5.64. The minimum atomic E-state index is -1.97. The monoisotopic (exact) mass is 554 g/mol. The lowest BCUT2D eigenvalue weighted by Gasteiger charge is -2.32. The normalized spacial score (nSPS) is 28.7. The Balaban J connectivity index is 1.37. The van der Waals surface area contributed by atoms with Crippen LogP contribution in [0.4, 0.5) is 5.82 Å². The Bertz CT molecular complexity index is 1260. The molecular weight excluding hydrogens is 516 g/mol. The Kier molecular flexibility index (Phi) is 8.26. The van der Waals surface area contributed by atoms with Crippen LogP contribution in [0.1, 0.15) is 82.7 Å². The highest BCUT2D eigenvalue weighted by Crippen LogP contribution is 2.42. The average Bonchev–Trinajstić information content (AvgIpc) is 3.49. The highest BCUT2D eigenvalue weighted by atomic mass is 16.6. The van der Waals surface area contributed by atoms with Gasteiger partial charge < -0.3 is 30.8 Å². The quantitative estimate of drug-likeness (QED) is 0.406. The van der Waals surface area contributed by atoms with Crippen LogP contribution in [0.2, 0.25) is 0 Å². The first-order chi connectivity index (χ1) is 19.2. The highest BCUT2D eigenvalue weighted by molar-refractivity contribution is 5.71. The van der Waals surface area contributed by atoms with E-state index in [2.05, 4.69) is 16.2 Å². The molecule has 216 valence electrons. The predicted molar refractivity (Wildman–Crippen MR) is 142 cm³/mol. The van der Waals surface area contributed by atoms with Gasteiger partial charge in [-0.1, -0.05) is 38.5 Å². The van der Waals surface area contributed by atoms with E-state index in [1.54, 1.807) is 12.1 Å². The van der Waals surface area contributed by atoms with Crippen molar-refractivity contribution in [3.05, 3.63) is 24.2 Å². The van der Waals surface area contributed by atoms with Crippen LogP contribution >= 0.6 is 0 Å². The fourth-order valence-corrected chi connectivity index (χ4v) is 6.45. The lowest BCUT2D eigenvalue weighted by atomic mass is 9.80. The summed E-state index contributed by atoms with van der Waals surface area (Å²) in [6.07, 6.45) is 7.23. The van der Waals surface area contributed by atoms with Gasteiger partial charge in [0.25, 0.3) is 0 Å². The van der Waals surface area contributed by atoms with E-state index in [0.29, 0.717) is 5.52 Å². The van der Waals surface area contributed by atoms with Gasteiger partial charge in [-0.05, 0) is 43.7 Å². The summed E-state index contributed by atoms with van der Waals surface area (Å²) in [6.45, 7) is -0.322. The Morgan fingerprint density at radius 3 is 2.60 bits per heavy atom. The van der Waals surface area contributed by atoms with Gasteiger partial charge in [0.1, 0.15) is 36.7 Å². The van der Waals surface area contributed by atoms with Crippen LogP contribution in [-0.2, 0) is 29.4 Å². The van der Waals surface area contributed by atoms with Crippen LogP contribution in [0.5, 0.6) is 0 Å². The Morgan fingerprint density at radius 2 is 1.88 bits per heavy atom. The molecule has 1 saturated heterocycles. The van der Waals surface area contributed by atoms with Gasteiger partial charge in [-0.25, -0.2) is 9.50 Å². The zero-order valence-corrected chi connectivity index (χ0v) is 22.7. The second-order valence-electron chi connectivity index (χ2n) is 11.6. The smallest absolute Gasteiger partial charge is 0.307 e. The summed E-state index contributed by atoms with van der Waals surface area (Å²) < 4.78 is 18.9. The first-order valence-electron chi connectivity index (χ1n) is 14.2. The zero-order valence-electron chi connectivity index (χ0n) is 22.7. The van der Waals surface area contributed by atoms with E-state index in [1.807, 2.05) is 0 Å². The van der Waals surface area contributed by atoms with E-state index in [0.717, 1.165) is 64.2 Å². The molecule has 5 rings (SSSR count). The van der Waals surface area contributed by atoms with Crippen LogP contribution in [0.15, 0.2) is 18.5 Å². The minimum absolute atomic E-state index is 0.0529. The molecule has 5 N–H and O–H groups in total. The third-order valence-electron chi connectivity index (χ3n) is 8.66. The van der Waals surface area contributed by atoms with Crippen molar-refractivity contribution in [1.29, 1.82) is 5.26 Å². The standard InChI is InChI=1S/C28H38N6O6/c29-16-28(21-10-9-19-26(30)32-17-33-34(19)21)25(37)24(39-22(35)13-18-7-3-1-4-8-18)20(40-28)15-38-23(36)14-27(31)11-5-2-6-12-27/h9-10,17-18,20,24-25,37H,1-8,11-15,31H2,(H2,30,32,33)/t20-,24-,25-,28+/m1/s1. The molecule has 3 aliphatic rings. The molecule has 2 aromatic rings. The number of aromatic nitrogens is 3. The first-order valence-corrected chi connectivity index (χ1v) is 14.2. The summed E-state index contributed by atoms with van der Waals surface area (Å²) in [4.78, 5) is 29.8. The molecule has 12 heteroatoms. The molecule has 0 bridgehead atoms. The van der Waals surface area contributed by atoms with Crippen molar-refractivity contribution in [2.45, 2.75) is 107 Å². The molecule has 12 nitrogen and oxygen atoms in total. The van der Waals surface area contributed by atoms with Gasteiger partial charge in [0.05, 0.1) is 12.1 Å². The van der Waals surface area contributed by atoms with Gasteiger partial charge in [-0.3, -0.25) is 9.59 Å². The van der Waals surface area contributed by atoms with E-state index in [4.69, 9.17) is 25.7 Å². The number of nitrogens with two attached hydrogens (primary N) is 2. The van der Waals surface area contributed by atoms with E-state index < -0.39 is 41.4 Å². The maximum atomic E-state index is 13.0. The molecule has 2 aromatic heterocycles. The minimum Gasteiger partial charge on any atom is -0.463 e. The SMILES string of the molecule is N#C[C@@]1(c2ccc3c(N)ncnn23)O[C@H](COC(=O)CC2(N)CCCCC2)[C@@H](OC(=O)CC2CCCCC2)[C@H]1O. The second kappa shape index (κ2) is 11.7. The molecule has 0 aromatic carbocycles. The molecule has 0 spiro atoms. The molecule has 4 atom stereocenters. The van der Waals surface area contributed by atoms with Crippen molar-refractivity contribution in [3.63, 3.8) is 0 Å². The molecule has 0 unspecified atom stereocenters. The van der Waals surface area contributed by atoms with Gasteiger partial charge in [0.2, 0.25) is 5.60 Å². The van der Waals surface area contributed by atoms with E-state index in [1.165, 1.54) is 10.8 Å². The summed E-state index contributed by atoms with van der Waals surface area (Å²) in [5.74, 6) is -0.596. The number of rotatable bonds is 8. The lowest BCUT2D eigenvalue weighted by Crippen LogP contribution is -2.45. The number of hydrogen-bond donors (Lipinski definition) is 3. The third-order valence-corrected chi connectivity index (χ3v) is 8.66.